The molecule has 1 aliphatic carbocycles. The zero-order valence-corrected chi connectivity index (χ0v) is 5.73. The smallest absolute Gasteiger partial charge is 0.171 e. The van der Waals surface area contributed by atoms with Crippen molar-refractivity contribution in [3.05, 3.63) is 29.7 Å². The normalized spacial score (nSPS) is 18.2. The molecule has 1 rings (SSSR count). The van der Waals surface area contributed by atoms with Crippen LogP contribution in [0.15, 0.2) is 23.3 Å². The highest BCUT2D eigenvalue weighted by molar-refractivity contribution is 6.10. The number of nitrogens with one attached hydrogen (secondary N) is 1. The SMILES string of the molecule is CC1=C[CH+]C=C(C)C1=N. The Labute approximate surface area is 55.6 Å². The molecule has 0 saturated heterocycles. The van der Waals surface area contributed by atoms with Crippen molar-refractivity contribution in [3.63, 3.8) is 0 Å². The quantitative estimate of drug-likeness (QED) is 0.473. The summed E-state index contributed by atoms with van der Waals surface area (Å²) >= 11 is 0. The second kappa shape index (κ2) is 2.09. The standard InChI is InChI=1S/C8H10N/c1-6-4-3-5-7(2)8(6)9/h3-5,9H,1-2H3/q+1. The molecule has 0 radical (unpaired) electrons. The van der Waals surface area contributed by atoms with Gasteiger partial charge in [0.2, 0.25) is 0 Å². The molecule has 1 nitrogen and oxygen atoms in total. The molecule has 0 amide bonds. The second-order valence-electron chi connectivity index (χ2n) is 2.27. The van der Waals surface area contributed by atoms with Crippen LogP contribution in [0.25, 0.3) is 0 Å². The molecule has 0 aromatic rings. The average Bonchev–Trinajstić information content (AvgIpc) is 1.83. The lowest BCUT2D eigenvalue weighted by molar-refractivity contribution is 1.36. The van der Waals surface area contributed by atoms with E-state index in [0.717, 1.165) is 11.1 Å². The molecule has 0 bridgehead atoms. The molecule has 0 aliphatic heterocycles. The van der Waals surface area contributed by atoms with Crippen LogP contribution in [0, 0.1) is 11.8 Å². The summed E-state index contributed by atoms with van der Waals surface area (Å²) < 4.78 is 0. The Morgan fingerprint density at radius 3 is 2.00 bits per heavy atom. The van der Waals surface area contributed by atoms with E-state index in [1.165, 1.54) is 0 Å². The maximum Gasteiger partial charge on any atom is 0.171 e. The van der Waals surface area contributed by atoms with Gasteiger partial charge in [0.1, 0.15) is 0 Å². The summed E-state index contributed by atoms with van der Waals surface area (Å²) in [5.41, 5.74) is 2.77. The Balaban J connectivity index is 2.86. The molecule has 1 N–H and O–H groups in total. The van der Waals surface area contributed by atoms with Gasteiger partial charge in [0.15, 0.2) is 5.71 Å². The Morgan fingerprint density at radius 1 is 1.22 bits per heavy atom. The number of rotatable bonds is 0. The van der Waals surface area contributed by atoms with Gasteiger partial charge in [0.25, 0.3) is 0 Å². The molecule has 0 atom stereocenters. The molecule has 0 saturated carbocycles. The number of hydrogen-bond donors (Lipinski definition) is 1. The number of hydrogen-bond acceptors (Lipinski definition) is 1. The van der Waals surface area contributed by atoms with Gasteiger partial charge in [-0.15, -0.1) is 0 Å². The first-order chi connectivity index (χ1) is 4.22. The molecule has 0 aromatic heterocycles. The van der Waals surface area contributed by atoms with E-state index < -0.39 is 0 Å². The molecular weight excluding hydrogens is 110 g/mol. The fraction of sp³-hybridized carbons (Fsp3) is 0.250. The first kappa shape index (κ1) is 6.14. The van der Waals surface area contributed by atoms with Crippen molar-refractivity contribution in [2.75, 3.05) is 0 Å². The van der Waals surface area contributed by atoms with Crippen molar-refractivity contribution in [2.24, 2.45) is 0 Å². The van der Waals surface area contributed by atoms with Crippen LogP contribution >= 0.6 is 0 Å². The van der Waals surface area contributed by atoms with E-state index in [-0.39, 0.29) is 0 Å². The van der Waals surface area contributed by atoms with E-state index in [1.54, 1.807) is 0 Å². The van der Waals surface area contributed by atoms with E-state index in [4.69, 9.17) is 5.41 Å². The highest BCUT2D eigenvalue weighted by Gasteiger charge is 2.14. The lowest BCUT2D eigenvalue weighted by Gasteiger charge is -1.98. The summed E-state index contributed by atoms with van der Waals surface area (Å²) in [4.78, 5) is 0. The monoisotopic (exact) mass is 120 g/mol. The molecule has 9 heavy (non-hydrogen) atoms. The summed E-state index contributed by atoms with van der Waals surface area (Å²) in [7, 11) is 0. The zero-order chi connectivity index (χ0) is 6.85. The molecule has 0 heterocycles. The van der Waals surface area contributed by atoms with Crippen LogP contribution in [0.5, 0.6) is 0 Å². The van der Waals surface area contributed by atoms with Crippen LogP contribution in [-0.2, 0) is 0 Å². The van der Waals surface area contributed by atoms with Gasteiger partial charge in [-0.3, -0.25) is 5.41 Å². The summed E-state index contributed by atoms with van der Waals surface area (Å²) in [5, 5.41) is 7.44. The van der Waals surface area contributed by atoms with Crippen LogP contribution in [0.1, 0.15) is 13.8 Å². The third-order valence-electron chi connectivity index (χ3n) is 1.48. The van der Waals surface area contributed by atoms with Crippen LogP contribution in [0.3, 0.4) is 0 Å². The van der Waals surface area contributed by atoms with Gasteiger partial charge in [-0.1, -0.05) is 0 Å². The summed E-state index contributed by atoms with van der Waals surface area (Å²) in [5.74, 6) is 0. The molecule has 1 heteroatoms. The Hall–Kier alpha value is -0.980. The minimum absolute atomic E-state index is 0.664. The maximum absolute atomic E-state index is 7.44. The first-order valence-corrected chi connectivity index (χ1v) is 2.99. The van der Waals surface area contributed by atoms with Crippen molar-refractivity contribution in [1.29, 1.82) is 5.41 Å². The van der Waals surface area contributed by atoms with Crippen molar-refractivity contribution in [2.45, 2.75) is 13.8 Å². The predicted molar refractivity (Wildman–Crippen MR) is 39.5 cm³/mol. The summed E-state index contributed by atoms with van der Waals surface area (Å²) in [6, 6.07) is 0. The molecule has 1 aliphatic rings. The summed E-state index contributed by atoms with van der Waals surface area (Å²) in [6.07, 6.45) is 5.88. The Kier molecular flexibility index (Phi) is 1.43. The predicted octanol–water partition coefficient (Wildman–Crippen LogP) is 2.12. The maximum atomic E-state index is 7.44. The van der Waals surface area contributed by atoms with E-state index in [1.807, 2.05) is 32.4 Å². The third-order valence-corrected chi connectivity index (χ3v) is 1.48. The first-order valence-electron chi connectivity index (χ1n) is 2.99. The highest BCUT2D eigenvalue weighted by Crippen LogP contribution is 2.12. The molecule has 0 aromatic carbocycles. The minimum atomic E-state index is 0.664. The largest absolute Gasteiger partial charge is 0.275 e. The van der Waals surface area contributed by atoms with Gasteiger partial charge < -0.3 is 0 Å². The van der Waals surface area contributed by atoms with E-state index >= 15 is 0 Å². The van der Waals surface area contributed by atoms with Crippen LogP contribution in [-0.4, -0.2) is 5.71 Å². The van der Waals surface area contributed by atoms with Gasteiger partial charge in [-0.25, -0.2) is 0 Å². The molecule has 0 spiro atoms. The van der Waals surface area contributed by atoms with Crippen LogP contribution < -0.4 is 0 Å². The molecule has 46 valence electrons. The molecule has 0 unspecified atom stereocenters. The van der Waals surface area contributed by atoms with Gasteiger partial charge >= 0.3 is 0 Å². The van der Waals surface area contributed by atoms with Crippen molar-refractivity contribution >= 4 is 5.71 Å². The average molecular weight is 120 g/mol. The van der Waals surface area contributed by atoms with Crippen LogP contribution in [0.4, 0.5) is 0 Å². The van der Waals surface area contributed by atoms with E-state index in [9.17, 15) is 0 Å². The lowest BCUT2D eigenvalue weighted by Crippen LogP contribution is -2.03. The Morgan fingerprint density at radius 2 is 1.67 bits per heavy atom. The molecule has 0 fully saturated rings. The number of allylic oxidation sites excluding steroid dienone is 4. The van der Waals surface area contributed by atoms with Gasteiger partial charge in [0.05, 0.1) is 23.3 Å². The highest BCUT2D eigenvalue weighted by atomic mass is 14.4. The van der Waals surface area contributed by atoms with Crippen molar-refractivity contribution in [3.8, 4) is 0 Å². The minimum Gasteiger partial charge on any atom is -0.275 e. The van der Waals surface area contributed by atoms with Gasteiger partial charge in [-0.05, 0) is 0 Å². The fourth-order valence-electron chi connectivity index (χ4n) is 0.814. The van der Waals surface area contributed by atoms with Crippen molar-refractivity contribution in [1.82, 2.24) is 0 Å². The molecular formula is C8H10N+. The topological polar surface area (TPSA) is 23.9 Å². The van der Waals surface area contributed by atoms with E-state index in [0.29, 0.717) is 5.71 Å². The fourth-order valence-corrected chi connectivity index (χ4v) is 0.814. The van der Waals surface area contributed by atoms with E-state index in [2.05, 4.69) is 0 Å². The van der Waals surface area contributed by atoms with Crippen LogP contribution in [0.2, 0.25) is 0 Å². The van der Waals surface area contributed by atoms with Gasteiger partial charge in [-0.2, -0.15) is 0 Å². The Bertz CT molecular complexity index is 177. The van der Waals surface area contributed by atoms with Gasteiger partial charge in [0, 0.05) is 20.3 Å². The third kappa shape index (κ3) is 1.04. The summed E-state index contributed by atoms with van der Waals surface area (Å²) in [6.45, 7) is 3.91. The van der Waals surface area contributed by atoms with Crippen molar-refractivity contribution < 1.29 is 0 Å². The zero-order valence-electron chi connectivity index (χ0n) is 5.73. The lowest BCUT2D eigenvalue weighted by atomic mass is 9.99. The second-order valence-corrected chi connectivity index (χ2v) is 2.27.